The number of benzene rings is 2. The third-order valence-electron chi connectivity index (χ3n) is 5.80. The molecule has 1 aliphatic rings. The summed E-state index contributed by atoms with van der Waals surface area (Å²) in [6.45, 7) is 6.10. The standard InChI is InChI=1S/C26H34F2N2O4/c1-17(2)20-5-3-18(4-6-20)14-25(32)30-23(13-19-11-21(27)15-22(28)12-19)24(31)16-29-8-7-26-33-9-10-34-26/h3-6,11-12,15,17,23-24,26,29,31H,7-10,13-14,16H2,1-2H3,(H,30,32)/t23-,24-/m0/s1. The minimum Gasteiger partial charge on any atom is -0.390 e. The summed E-state index contributed by atoms with van der Waals surface area (Å²) in [5, 5.41) is 16.8. The second-order valence-corrected chi connectivity index (χ2v) is 8.96. The zero-order chi connectivity index (χ0) is 24.5. The van der Waals surface area contributed by atoms with Crippen molar-refractivity contribution in [2.75, 3.05) is 26.3 Å². The molecule has 0 bridgehead atoms. The Morgan fingerprint density at radius 3 is 2.32 bits per heavy atom. The van der Waals surface area contributed by atoms with Crippen LogP contribution in [0.5, 0.6) is 0 Å². The molecule has 3 N–H and O–H groups in total. The van der Waals surface area contributed by atoms with Crippen LogP contribution in [0.2, 0.25) is 0 Å². The van der Waals surface area contributed by atoms with Crippen molar-refractivity contribution >= 4 is 5.91 Å². The van der Waals surface area contributed by atoms with E-state index < -0.39 is 23.8 Å². The number of ether oxygens (including phenoxy) is 2. The molecule has 1 amide bonds. The summed E-state index contributed by atoms with van der Waals surface area (Å²) in [5.74, 6) is -1.27. The Bertz CT molecular complexity index is 897. The lowest BCUT2D eigenvalue weighted by Gasteiger charge is -2.25. The van der Waals surface area contributed by atoms with E-state index in [1.165, 1.54) is 17.7 Å². The van der Waals surface area contributed by atoms with Gasteiger partial charge in [0.25, 0.3) is 0 Å². The maximum absolute atomic E-state index is 13.7. The number of amides is 1. The number of nitrogens with one attached hydrogen (secondary N) is 2. The third-order valence-corrected chi connectivity index (χ3v) is 5.80. The summed E-state index contributed by atoms with van der Waals surface area (Å²) in [5.41, 5.74) is 2.39. The number of carbonyl (C=O) groups excluding carboxylic acids is 1. The van der Waals surface area contributed by atoms with E-state index in [0.717, 1.165) is 11.6 Å². The normalized spacial score (nSPS) is 16.1. The molecule has 0 unspecified atom stereocenters. The van der Waals surface area contributed by atoms with Gasteiger partial charge < -0.3 is 25.2 Å². The van der Waals surface area contributed by atoms with Gasteiger partial charge in [0.05, 0.1) is 31.8 Å². The summed E-state index contributed by atoms with van der Waals surface area (Å²) in [7, 11) is 0. The minimum absolute atomic E-state index is 0.0877. The maximum Gasteiger partial charge on any atom is 0.224 e. The molecule has 3 rings (SSSR count). The first-order chi connectivity index (χ1) is 16.3. The van der Waals surface area contributed by atoms with Crippen LogP contribution in [-0.2, 0) is 27.1 Å². The van der Waals surface area contributed by atoms with Crippen LogP contribution in [0.3, 0.4) is 0 Å². The molecule has 8 heteroatoms. The van der Waals surface area contributed by atoms with Crippen molar-refractivity contribution in [3.05, 3.63) is 70.8 Å². The van der Waals surface area contributed by atoms with Crippen molar-refractivity contribution in [1.29, 1.82) is 0 Å². The van der Waals surface area contributed by atoms with Gasteiger partial charge in [-0.1, -0.05) is 38.1 Å². The molecule has 1 heterocycles. The van der Waals surface area contributed by atoms with Gasteiger partial charge in [0, 0.05) is 25.6 Å². The fourth-order valence-electron chi connectivity index (χ4n) is 3.92. The average Bonchev–Trinajstić information content (AvgIpc) is 3.29. The van der Waals surface area contributed by atoms with Gasteiger partial charge in [-0.25, -0.2) is 8.78 Å². The first-order valence-electron chi connectivity index (χ1n) is 11.8. The van der Waals surface area contributed by atoms with Crippen LogP contribution in [0, 0.1) is 11.6 Å². The highest BCUT2D eigenvalue weighted by Crippen LogP contribution is 2.16. The molecule has 2 aromatic rings. The second kappa shape index (κ2) is 12.9. The van der Waals surface area contributed by atoms with Crippen molar-refractivity contribution in [3.8, 4) is 0 Å². The fourth-order valence-corrected chi connectivity index (χ4v) is 3.92. The van der Waals surface area contributed by atoms with Crippen LogP contribution in [-0.4, -0.2) is 55.8 Å². The van der Waals surface area contributed by atoms with Crippen molar-refractivity contribution in [1.82, 2.24) is 10.6 Å². The fraction of sp³-hybridized carbons (Fsp3) is 0.500. The Balaban J connectivity index is 1.60. The van der Waals surface area contributed by atoms with Gasteiger partial charge in [-0.05, 0) is 41.2 Å². The Hall–Kier alpha value is -2.39. The van der Waals surface area contributed by atoms with Crippen molar-refractivity contribution in [3.63, 3.8) is 0 Å². The van der Waals surface area contributed by atoms with Gasteiger partial charge in [0.15, 0.2) is 6.29 Å². The summed E-state index contributed by atoms with van der Waals surface area (Å²) < 4.78 is 38.1. The van der Waals surface area contributed by atoms with Gasteiger partial charge in [-0.2, -0.15) is 0 Å². The summed E-state index contributed by atoms with van der Waals surface area (Å²) in [6.07, 6.45) is -0.361. The topological polar surface area (TPSA) is 79.8 Å². The van der Waals surface area contributed by atoms with E-state index in [9.17, 15) is 18.7 Å². The Morgan fingerprint density at radius 2 is 1.71 bits per heavy atom. The summed E-state index contributed by atoms with van der Waals surface area (Å²) in [4.78, 5) is 12.8. The lowest BCUT2D eigenvalue weighted by atomic mass is 9.99. The van der Waals surface area contributed by atoms with Crippen molar-refractivity contribution in [2.45, 2.75) is 57.5 Å². The van der Waals surface area contributed by atoms with Crippen LogP contribution < -0.4 is 10.6 Å². The van der Waals surface area contributed by atoms with Crippen LogP contribution in [0.25, 0.3) is 0 Å². The van der Waals surface area contributed by atoms with Crippen LogP contribution in [0.1, 0.15) is 42.9 Å². The zero-order valence-electron chi connectivity index (χ0n) is 19.7. The number of halogens is 2. The number of rotatable bonds is 12. The molecule has 0 aliphatic carbocycles. The molecule has 0 aromatic heterocycles. The smallest absolute Gasteiger partial charge is 0.224 e. The molecule has 2 aromatic carbocycles. The predicted molar refractivity (Wildman–Crippen MR) is 125 cm³/mol. The van der Waals surface area contributed by atoms with Crippen LogP contribution in [0.15, 0.2) is 42.5 Å². The van der Waals surface area contributed by atoms with Crippen LogP contribution in [0.4, 0.5) is 8.78 Å². The molecule has 0 radical (unpaired) electrons. The number of aliphatic hydroxyl groups excluding tert-OH is 1. The Morgan fingerprint density at radius 1 is 1.06 bits per heavy atom. The average molecular weight is 477 g/mol. The SMILES string of the molecule is CC(C)c1ccc(CC(=O)N[C@@H](Cc2cc(F)cc(F)c2)[C@@H](O)CNCCC2OCCO2)cc1. The van der Waals surface area contributed by atoms with E-state index in [2.05, 4.69) is 24.5 Å². The zero-order valence-corrected chi connectivity index (χ0v) is 19.7. The Kier molecular flexibility index (Phi) is 9.95. The quantitative estimate of drug-likeness (QED) is 0.411. The lowest BCUT2D eigenvalue weighted by Crippen LogP contribution is -2.49. The molecule has 1 aliphatic heterocycles. The summed E-state index contributed by atoms with van der Waals surface area (Å²) >= 11 is 0. The highest BCUT2D eigenvalue weighted by molar-refractivity contribution is 5.79. The maximum atomic E-state index is 13.7. The van der Waals surface area contributed by atoms with Gasteiger partial charge in [0.2, 0.25) is 5.91 Å². The first kappa shape index (κ1) is 26.2. The summed E-state index contributed by atoms with van der Waals surface area (Å²) in [6, 6.07) is 10.3. The molecule has 0 spiro atoms. The monoisotopic (exact) mass is 476 g/mol. The molecular weight excluding hydrogens is 442 g/mol. The minimum atomic E-state index is -0.969. The Labute approximate surface area is 199 Å². The van der Waals surface area contributed by atoms with Gasteiger partial charge in [-0.15, -0.1) is 0 Å². The lowest BCUT2D eigenvalue weighted by molar-refractivity contribution is -0.122. The third kappa shape index (κ3) is 8.43. The second-order valence-electron chi connectivity index (χ2n) is 8.96. The highest BCUT2D eigenvalue weighted by atomic mass is 19.1. The molecule has 0 saturated carbocycles. The predicted octanol–water partition coefficient (Wildman–Crippen LogP) is 3.07. The molecule has 6 nitrogen and oxygen atoms in total. The van der Waals surface area contributed by atoms with Gasteiger partial charge in [-0.3, -0.25) is 4.79 Å². The number of carbonyl (C=O) groups is 1. The molecule has 186 valence electrons. The molecular formula is C26H34F2N2O4. The number of hydrogen-bond donors (Lipinski definition) is 3. The largest absolute Gasteiger partial charge is 0.390 e. The molecule has 1 saturated heterocycles. The molecule has 1 fully saturated rings. The van der Waals surface area contributed by atoms with E-state index in [4.69, 9.17) is 9.47 Å². The van der Waals surface area contributed by atoms with E-state index in [-0.39, 0.29) is 31.6 Å². The molecule has 34 heavy (non-hydrogen) atoms. The van der Waals surface area contributed by atoms with E-state index in [1.807, 2.05) is 24.3 Å². The first-order valence-corrected chi connectivity index (χ1v) is 11.8. The highest BCUT2D eigenvalue weighted by Gasteiger charge is 2.23. The van der Waals surface area contributed by atoms with E-state index in [1.54, 1.807) is 0 Å². The van der Waals surface area contributed by atoms with Gasteiger partial charge >= 0.3 is 0 Å². The van der Waals surface area contributed by atoms with Crippen molar-refractivity contribution < 1.29 is 28.2 Å². The van der Waals surface area contributed by atoms with Gasteiger partial charge in [0.1, 0.15) is 11.6 Å². The van der Waals surface area contributed by atoms with E-state index in [0.29, 0.717) is 37.7 Å². The number of aliphatic hydroxyl groups is 1. The van der Waals surface area contributed by atoms with Crippen LogP contribution >= 0.6 is 0 Å². The number of hydrogen-bond acceptors (Lipinski definition) is 5. The van der Waals surface area contributed by atoms with E-state index >= 15 is 0 Å². The van der Waals surface area contributed by atoms with Crippen molar-refractivity contribution in [2.24, 2.45) is 0 Å². The molecule has 2 atom stereocenters.